The number of carbonyl (C=O) groups is 2. The molecular weight excluding hydrogens is 344 g/mol. The van der Waals surface area contributed by atoms with E-state index < -0.39 is 0 Å². The summed E-state index contributed by atoms with van der Waals surface area (Å²) < 4.78 is 7.12. The minimum Gasteiger partial charge on any atom is -0.482 e. The highest BCUT2D eigenvalue weighted by atomic mass is 16.5. The molecule has 1 aliphatic heterocycles. The van der Waals surface area contributed by atoms with Crippen molar-refractivity contribution in [2.45, 2.75) is 13.8 Å². The molecule has 2 amide bonds. The highest BCUT2D eigenvalue weighted by Gasteiger charge is 2.20. The summed E-state index contributed by atoms with van der Waals surface area (Å²) in [7, 11) is 0. The van der Waals surface area contributed by atoms with Crippen LogP contribution in [0.1, 0.15) is 21.7 Å². The van der Waals surface area contributed by atoms with Crippen molar-refractivity contribution in [2.24, 2.45) is 0 Å². The Kier molecular flexibility index (Phi) is 4.12. The van der Waals surface area contributed by atoms with E-state index in [2.05, 4.69) is 15.7 Å². The van der Waals surface area contributed by atoms with E-state index in [1.54, 1.807) is 22.9 Å². The van der Waals surface area contributed by atoms with Gasteiger partial charge < -0.3 is 15.4 Å². The van der Waals surface area contributed by atoms with Gasteiger partial charge in [-0.25, -0.2) is 4.68 Å². The third-order valence-electron chi connectivity index (χ3n) is 4.41. The highest BCUT2D eigenvalue weighted by molar-refractivity contribution is 6.06. The summed E-state index contributed by atoms with van der Waals surface area (Å²) in [5.41, 5.74) is 4.06. The largest absolute Gasteiger partial charge is 0.482 e. The Hall–Kier alpha value is -3.61. The molecule has 0 fully saturated rings. The van der Waals surface area contributed by atoms with E-state index in [-0.39, 0.29) is 18.4 Å². The van der Waals surface area contributed by atoms with E-state index in [4.69, 9.17) is 4.74 Å². The number of fused-ring (bicyclic) bond motifs is 1. The zero-order chi connectivity index (χ0) is 19.0. The first-order valence-electron chi connectivity index (χ1n) is 8.52. The molecule has 1 aromatic heterocycles. The van der Waals surface area contributed by atoms with Crippen molar-refractivity contribution in [1.29, 1.82) is 0 Å². The lowest BCUT2D eigenvalue weighted by Crippen LogP contribution is -2.25. The maximum atomic E-state index is 12.7. The molecule has 0 spiro atoms. The van der Waals surface area contributed by atoms with Crippen LogP contribution in [-0.2, 0) is 4.79 Å². The highest BCUT2D eigenvalue weighted by Crippen LogP contribution is 2.29. The van der Waals surface area contributed by atoms with Gasteiger partial charge in [0, 0.05) is 5.56 Å². The Balaban J connectivity index is 1.61. The number of carbonyl (C=O) groups excluding carboxylic acids is 2. The predicted molar refractivity (Wildman–Crippen MR) is 102 cm³/mol. The molecule has 0 unspecified atom stereocenters. The molecule has 136 valence electrons. The molecular formula is C20H18N4O3. The van der Waals surface area contributed by atoms with Crippen molar-refractivity contribution in [3.05, 3.63) is 65.5 Å². The topological polar surface area (TPSA) is 85.3 Å². The second kappa shape index (κ2) is 6.60. The maximum Gasteiger partial charge on any atom is 0.262 e. The summed E-state index contributed by atoms with van der Waals surface area (Å²) >= 11 is 0. The monoisotopic (exact) mass is 362 g/mol. The Morgan fingerprint density at radius 2 is 1.96 bits per heavy atom. The fraction of sp³-hybridized carbons (Fsp3) is 0.150. The summed E-state index contributed by atoms with van der Waals surface area (Å²) in [6.45, 7) is 3.74. The first-order chi connectivity index (χ1) is 13.0. The molecule has 4 rings (SSSR count). The number of amides is 2. The van der Waals surface area contributed by atoms with E-state index in [9.17, 15) is 9.59 Å². The van der Waals surface area contributed by atoms with Crippen molar-refractivity contribution in [1.82, 2.24) is 9.78 Å². The number of ether oxygens (including phenoxy) is 1. The molecule has 2 N–H and O–H groups in total. The molecule has 0 saturated carbocycles. The van der Waals surface area contributed by atoms with Gasteiger partial charge in [-0.05, 0) is 44.2 Å². The van der Waals surface area contributed by atoms with Crippen LogP contribution in [-0.4, -0.2) is 28.2 Å². The number of nitrogens with zero attached hydrogens (tertiary/aromatic N) is 2. The van der Waals surface area contributed by atoms with Gasteiger partial charge in [-0.3, -0.25) is 9.59 Å². The van der Waals surface area contributed by atoms with E-state index in [0.717, 1.165) is 17.1 Å². The summed E-state index contributed by atoms with van der Waals surface area (Å²) in [4.78, 5) is 24.2. The first-order valence-corrected chi connectivity index (χ1v) is 8.52. The van der Waals surface area contributed by atoms with Crippen LogP contribution >= 0.6 is 0 Å². The summed E-state index contributed by atoms with van der Waals surface area (Å²) in [6.07, 6.45) is 0. The van der Waals surface area contributed by atoms with Crippen molar-refractivity contribution >= 4 is 23.2 Å². The molecule has 1 aliphatic rings. The quantitative estimate of drug-likeness (QED) is 0.750. The summed E-state index contributed by atoms with van der Waals surface area (Å²) in [6, 6.07) is 14.7. The molecule has 7 heteroatoms. The molecule has 3 aromatic rings. The third-order valence-corrected chi connectivity index (χ3v) is 4.41. The molecule has 0 aliphatic carbocycles. The molecule has 0 atom stereocenters. The van der Waals surface area contributed by atoms with Gasteiger partial charge in [0.25, 0.3) is 11.8 Å². The van der Waals surface area contributed by atoms with E-state index in [1.165, 1.54) is 0 Å². The average Bonchev–Trinajstić information content (AvgIpc) is 2.96. The van der Waals surface area contributed by atoms with Gasteiger partial charge in [0.2, 0.25) is 0 Å². The van der Waals surface area contributed by atoms with E-state index >= 15 is 0 Å². The van der Waals surface area contributed by atoms with Gasteiger partial charge in [0.15, 0.2) is 6.61 Å². The zero-order valence-electron chi connectivity index (χ0n) is 14.9. The average molecular weight is 362 g/mol. The van der Waals surface area contributed by atoms with E-state index in [0.29, 0.717) is 22.7 Å². The fourth-order valence-corrected chi connectivity index (χ4v) is 3.05. The van der Waals surface area contributed by atoms with Crippen molar-refractivity contribution in [3.8, 4) is 11.4 Å². The normalized spacial score (nSPS) is 12.7. The number of aryl methyl sites for hydroxylation is 1. The molecule has 27 heavy (non-hydrogen) atoms. The summed E-state index contributed by atoms with van der Waals surface area (Å²) in [5, 5.41) is 10.2. The number of anilines is 2. The van der Waals surface area contributed by atoms with Gasteiger partial charge >= 0.3 is 0 Å². The minimum absolute atomic E-state index is 0.0183. The number of nitrogens with one attached hydrogen (secondary N) is 2. The molecule has 2 aromatic carbocycles. The smallest absolute Gasteiger partial charge is 0.262 e. The van der Waals surface area contributed by atoms with E-state index in [1.807, 2.05) is 44.2 Å². The molecule has 0 bridgehead atoms. The van der Waals surface area contributed by atoms with Crippen LogP contribution in [0.3, 0.4) is 0 Å². The number of benzene rings is 2. The van der Waals surface area contributed by atoms with Crippen LogP contribution in [0.25, 0.3) is 5.69 Å². The van der Waals surface area contributed by atoms with Crippen LogP contribution in [0.2, 0.25) is 0 Å². The van der Waals surface area contributed by atoms with Gasteiger partial charge in [0.05, 0.1) is 28.5 Å². The van der Waals surface area contributed by atoms with Gasteiger partial charge in [0.1, 0.15) is 5.75 Å². The van der Waals surface area contributed by atoms with Crippen LogP contribution in [0.15, 0.2) is 48.5 Å². The van der Waals surface area contributed by atoms with Crippen LogP contribution in [0.5, 0.6) is 5.75 Å². The van der Waals surface area contributed by atoms with Gasteiger partial charge in [-0.1, -0.05) is 18.2 Å². The van der Waals surface area contributed by atoms with Gasteiger partial charge in [-0.15, -0.1) is 0 Å². The van der Waals surface area contributed by atoms with Crippen molar-refractivity contribution < 1.29 is 14.3 Å². The number of hydrogen-bond acceptors (Lipinski definition) is 4. The third kappa shape index (κ3) is 3.15. The molecule has 0 saturated heterocycles. The van der Waals surface area contributed by atoms with Crippen LogP contribution in [0.4, 0.5) is 11.4 Å². The number of hydrogen-bond donors (Lipinski definition) is 2. The lowest BCUT2D eigenvalue weighted by molar-refractivity contribution is -0.118. The summed E-state index contributed by atoms with van der Waals surface area (Å²) in [5.74, 6) is 0.0303. The minimum atomic E-state index is -0.281. The number of aromatic nitrogens is 2. The predicted octanol–water partition coefficient (Wildman–Crippen LogP) is 3.07. The number of rotatable bonds is 3. The zero-order valence-corrected chi connectivity index (χ0v) is 14.9. The Labute approximate surface area is 156 Å². The maximum absolute atomic E-state index is 12.7. The van der Waals surface area contributed by atoms with Crippen molar-refractivity contribution in [2.75, 3.05) is 17.2 Å². The Bertz CT molecular complexity index is 1040. The molecule has 7 nitrogen and oxygen atoms in total. The molecule has 0 radical (unpaired) electrons. The first kappa shape index (κ1) is 16.8. The second-order valence-electron chi connectivity index (χ2n) is 6.30. The van der Waals surface area contributed by atoms with Gasteiger partial charge in [-0.2, -0.15) is 5.10 Å². The Morgan fingerprint density at radius 1 is 1.19 bits per heavy atom. The lowest BCUT2D eigenvalue weighted by atomic mass is 10.1. The van der Waals surface area contributed by atoms with Crippen molar-refractivity contribution in [3.63, 3.8) is 0 Å². The number of para-hydroxylation sites is 1. The van der Waals surface area contributed by atoms with Crippen LogP contribution < -0.4 is 15.4 Å². The SMILES string of the molecule is Cc1nn(-c2ccccc2)c(C)c1NC(=O)c1ccc2c(c1)NC(=O)CO2. The fourth-order valence-electron chi connectivity index (χ4n) is 3.05. The lowest BCUT2D eigenvalue weighted by Gasteiger charge is -2.18. The molecule has 2 heterocycles. The van der Waals surface area contributed by atoms with Crippen LogP contribution in [0, 0.1) is 13.8 Å². The second-order valence-corrected chi connectivity index (χ2v) is 6.30. The standard InChI is InChI=1S/C20H18N4O3/c1-12-19(13(2)24(23-12)15-6-4-3-5-7-15)22-20(26)14-8-9-17-16(10-14)21-18(25)11-27-17/h3-10H,11H2,1-2H3,(H,21,25)(H,22,26). The Morgan fingerprint density at radius 3 is 2.74 bits per heavy atom.